The van der Waals surface area contributed by atoms with Crippen LogP contribution >= 0.6 is 0 Å². The molecule has 16 nitrogen and oxygen atoms in total. The third kappa shape index (κ3) is 27.4. The van der Waals surface area contributed by atoms with Crippen molar-refractivity contribution in [2.24, 2.45) is 21.7 Å². The number of rotatable bonds is 22. The summed E-state index contributed by atoms with van der Waals surface area (Å²) in [6.07, 6.45) is 5.01. The zero-order valence-corrected chi connectivity index (χ0v) is 39.5. The third-order valence-electron chi connectivity index (χ3n) is 9.86. The summed E-state index contributed by atoms with van der Waals surface area (Å²) in [4.78, 5) is 78.1. The molecule has 0 aliphatic heterocycles. The second-order valence-corrected chi connectivity index (χ2v) is 16.6. The molecule has 0 aliphatic carbocycles. The molecule has 0 fully saturated rings. The number of aromatic hydroxyl groups is 1. The van der Waals surface area contributed by atoms with E-state index in [1.165, 1.54) is 18.2 Å². The number of anilines is 1. The molecule has 0 spiro atoms. The monoisotopic (exact) mass is 878 g/mol. The van der Waals surface area contributed by atoms with Gasteiger partial charge in [0.1, 0.15) is 12.4 Å². The van der Waals surface area contributed by atoms with Crippen molar-refractivity contribution < 1.29 is 62.7 Å². The third-order valence-corrected chi connectivity index (χ3v) is 9.86. The molecule has 0 saturated heterocycles. The lowest BCUT2D eigenvalue weighted by atomic mass is 9.89. The topological polar surface area (TPSA) is 245 Å². The van der Waals surface area contributed by atoms with Crippen LogP contribution in [-0.2, 0) is 52.5 Å². The van der Waals surface area contributed by atoms with Crippen molar-refractivity contribution in [2.75, 3.05) is 38.3 Å². The molecular formula is C46H75N3O13. The van der Waals surface area contributed by atoms with Crippen molar-refractivity contribution >= 4 is 47.3 Å². The Morgan fingerprint density at radius 1 is 0.694 bits per heavy atom. The molecule has 0 heterocycles. The number of phenolic OH excluding ortho intramolecular Hbond substituents is 1. The number of amides is 2. The summed E-state index contributed by atoms with van der Waals surface area (Å²) in [5.74, 6) is -2.61. The van der Waals surface area contributed by atoms with E-state index in [-0.39, 0.29) is 66.9 Å². The number of benzene rings is 1. The van der Waals surface area contributed by atoms with Gasteiger partial charge in [0, 0.05) is 5.41 Å². The van der Waals surface area contributed by atoms with Gasteiger partial charge in [0.15, 0.2) is 0 Å². The highest BCUT2D eigenvalue weighted by Crippen LogP contribution is 2.28. The van der Waals surface area contributed by atoms with Crippen LogP contribution in [0.5, 0.6) is 5.75 Å². The van der Waals surface area contributed by atoms with E-state index in [1.54, 1.807) is 6.07 Å². The number of ether oxygens (including phenoxy) is 4. The maximum Gasteiger partial charge on any atom is 0.311 e. The van der Waals surface area contributed by atoms with E-state index in [2.05, 4.69) is 17.2 Å². The van der Waals surface area contributed by atoms with Crippen molar-refractivity contribution in [2.45, 2.75) is 141 Å². The predicted octanol–water partition coefficient (Wildman–Crippen LogP) is 8.05. The van der Waals surface area contributed by atoms with Crippen molar-refractivity contribution in [1.82, 2.24) is 5.32 Å². The highest BCUT2D eigenvalue weighted by atomic mass is 16.5. The number of aliphatic carboxylic acids is 1. The molecule has 1 aromatic carbocycles. The number of unbranched alkanes of at least 4 members (excludes halogenated alkanes) is 1. The number of hydrogen-bond donors (Lipinski definition) is 4. The van der Waals surface area contributed by atoms with Gasteiger partial charge >= 0.3 is 29.8 Å². The largest absolute Gasteiger partial charge is 0.506 e. The van der Waals surface area contributed by atoms with Gasteiger partial charge in [0.05, 0.1) is 72.8 Å². The molecule has 16 heteroatoms. The van der Waals surface area contributed by atoms with E-state index in [9.17, 15) is 38.7 Å². The fourth-order valence-electron chi connectivity index (χ4n) is 3.54. The van der Waals surface area contributed by atoms with Gasteiger partial charge in [-0.3, -0.25) is 33.6 Å². The first kappa shape index (κ1) is 60.8. The summed E-state index contributed by atoms with van der Waals surface area (Å²) in [5.41, 5.74) is -1.03. The molecular weight excluding hydrogens is 803 g/mol. The lowest BCUT2D eigenvalue weighted by Crippen LogP contribution is -2.30. The van der Waals surface area contributed by atoms with Gasteiger partial charge in [-0.05, 0) is 111 Å². The summed E-state index contributed by atoms with van der Waals surface area (Å²) < 4.78 is 19.8. The molecule has 0 radical (unpaired) electrons. The number of carboxylic acids is 1. The zero-order chi connectivity index (χ0) is 48.7. The van der Waals surface area contributed by atoms with Gasteiger partial charge in [0.25, 0.3) is 0 Å². The normalized spacial score (nSPS) is 10.8. The SMILES string of the molecule is C=CC(=O)NCCOC(=O)C(C)(C)CC.CCC(C)(C)C(=O)Nc1ccc(C#N)cc1O.CCC(C)(C)C(=O)OCCCCOC(=O)CCC(=O)O.CCOC(=O)C(C)(C)CC. The van der Waals surface area contributed by atoms with Crippen LogP contribution in [0.25, 0.3) is 0 Å². The molecule has 0 unspecified atom stereocenters. The van der Waals surface area contributed by atoms with Crippen LogP contribution in [0.3, 0.4) is 0 Å². The molecule has 0 aromatic heterocycles. The fourth-order valence-corrected chi connectivity index (χ4v) is 3.54. The molecule has 352 valence electrons. The van der Waals surface area contributed by atoms with Crippen LogP contribution in [0, 0.1) is 33.0 Å². The van der Waals surface area contributed by atoms with Crippen LogP contribution < -0.4 is 10.6 Å². The van der Waals surface area contributed by atoms with Crippen molar-refractivity contribution in [1.29, 1.82) is 5.26 Å². The van der Waals surface area contributed by atoms with E-state index >= 15 is 0 Å². The Kier molecular flexibility index (Phi) is 30.8. The van der Waals surface area contributed by atoms with Gasteiger partial charge < -0.3 is 39.8 Å². The summed E-state index contributed by atoms with van der Waals surface area (Å²) in [7, 11) is 0. The van der Waals surface area contributed by atoms with Crippen LogP contribution in [0.15, 0.2) is 30.9 Å². The minimum atomic E-state index is -1.02. The number of nitriles is 1. The predicted molar refractivity (Wildman–Crippen MR) is 237 cm³/mol. The van der Waals surface area contributed by atoms with Crippen LogP contribution in [0.2, 0.25) is 0 Å². The second-order valence-electron chi connectivity index (χ2n) is 16.6. The quantitative estimate of drug-likeness (QED) is 0.0283. The summed E-state index contributed by atoms with van der Waals surface area (Å²) in [5, 5.41) is 31.9. The van der Waals surface area contributed by atoms with E-state index in [1.807, 2.05) is 96.1 Å². The smallest absolute Gasteiger partial charge is 0.311 e. The number of carboxylic acid groups (broad SMARTS) is 1. The van der Waals surface area contributed by atoms with Crippen LogP contribution in [0.4, 0.5) is 5.69 Å². The standard InChI is InChI=1S/C14H24O6.C13H16N2O2.C11H19NO3.C8H16O2/c1-4-14(2,3)13(18)20-10-6-5-9-19-12(17)8-7-11(15)16;1-4-13(2,3)12(17)15-10-6-5-9(8-14)7-11(10)16;1-5-9(13)12-7-8-15-10(14)11(3,4)6-2;1-5-8(3,4)7(9)10-6-2/h4-10H2,1-3H3,(H,15,16);5-7,16H,4H2,1-3H3,(H,15,17);5H,1,6-8H2,2-4H3,(H,12,13);5-6H2,1-4H3. The Hall–Kier alpha value is -5.46. The van der Waals surface area contributed by atoms with Crippen LogP contribution in [0.1, 0.15) is 147 Å². The number of carbonyl (C=O) groups excluding carboxylic acids is 6. The first-order valence-corrected chi connectivity index (χ1v) is 21.0. The van der Waals surface area contributed by atoms with E-state index in [0.717, 1.165) is 12.8 Å². The van der Waals surface area contributed by atoms with E-state index in [4.69, 9.17) is 29.3 Å². The minimum absolute atomic E-state index is 0.0932. The van der Waals surface area contributed by atoms with Crippen molar-refractivity contribution in [3.05, 3.63) is 36.4 Å². The Bertz CT molecular complexity index is 1630. The fraction of sp³-hybridized carbons (Fsp3) is 0.652. The molecule has 0 aliphatic rings. The van der Waals surface area contributed by atoms with E-state index < -0.39 is 28.2 Å². The maximum atomic E-state index is 11.9. The lowest BCUT2D eigenvalue weighted by molar-refractivity contribution is -0.155. The van der Waals surface area contributed by atoms with Gasteiger partial charge in [-0.2, -0.15) is 5.26 Å². The number of nitrogens with one attached hydrogen (secondary N) is 2. The van der Waals surface area contributed by atoms with Gasteiger partial charge in [-0.25, -0.2) is 0 Å². The molecule has 0 saturated carbocycles. The molecule has 0 atom stereocenters. The van der Waals surface area contributed by atoms with E-state index in [0.29, 0.717) is 56.7 Å². The van der Waals surface area contributed by atoms with Crippen LogP contribution in [-0.4, -0.2) is 84.8 Å². The zero-order valence-electron chi connectivity index (χ0n) is 39.5. The first-order valence-electron chi connectivity index (χ1n) is 21.0. The van der Waals surface area contributed by atoms with Crippen molar-refractivity contribution in [3.63, 3.8) is 0 Å². The minimum Gasteiger partial charge on any atom is -0.506 e. The van der Waals surface area contributed by atoms with Gasteiger partial charge in [-0.1, -0.05) is 48.1 Å². The number of carbonyl (C=O) groups is 7. The average molecular weight is 878 g/mol. The molecule has 1 rings (SSSR count). The Morgan fingerprint density at radius 2 is 1.15 bits per heavy atom. The summed E-state index contributed by atoms with van der Waals surface area (Å²) >= 11 is 0. The highest BCUT2D eigenvalue weighted by Gasteiger charge is 2.29. The Balaban J connectivity index is -0.000000768. The maximum absolute atomic E-state index is 11.9. The lowest BCUT2D eigenvalue weighted by Gasteiger charge is -2.21. The Morgan fingerprint density at radius 3 is 1.55 bits per heavy atom. The Labute approximate surface area is 369 Å². The number of hydrogen-bond acceptors (Lipinski definition) is 13. The molecule has 1 aromatic rings. The molecule has 2 amide bonds. The summed E-state index contributed by atoms with van der Waals surface area (Å²) in [6.45, 7) is 29.2. The first-order chi connectivity index (χ1) is 28.7. The highest BCUT2D eigenvalue weighted by molar-refractivity contribution is 5.96. The average Bonchev–Trinajstić information content (AvgIpc) is 3.23. The molecule has 0 bridgehead atoms. The van der Waals surface area contributed by atoms with Crippen molar-refractivity contribution in [3.8, 4) is 11.8 Å². The molecule has 62 heavy (non-hydrogen) atoms. The number of nitrogens with zero attached hydrogens (tertiary/aromatic N) is 1. The summed E-state index contributed by atoms with van der Waals surface area (Å²) in [6, 6.07) is 6.32. The number of esters is 4. The van der Waals surface area contributed by atoms with Gasteiger partial charge in [0.2, 0.25) is 11.8 Å². The number of phenols is 1. The van der Waals surface area contributed by atoms with Gasteiger partial charge in [-0.15, -0.1) is 0 Å². The second kappa shape index (κ2) is 31.4. The molecule has 4 N–H and O–H groups in total.